The minimum Gasteiger partial charge on any atom is -0.503 e. The van der Waals surface area contributed by atoms with Crippen LogP contribution in [0.4, 0.5) is 13.2 Å². The van der Waals surface area contributed by atoms with E-state index in [0.717, 1.165) is 6.42 Å². The van der Waals surface area contributed by atoms with Gasteiger partial charge in [-0.15, -0.1) is 0 Å². The molecule has 1 saturated heterocycles. The molecule has 1 aromatic heterocycles. The van der Waals surface area contributed by atoms with Crippen molar-refractivity contribution < 1.29 is 27.9 Å². The molecule has 3 aliphatic rings. The summed E-state index contributed by atoms with van der Waals surface area (Å²) in [6, 6.07) is 0.951. The molecular weight excluding hydrogens is 439 g/mol. The molecule has 0 spiro atoms. The number of carbonyl (C=O) groups excluding carboxylic acids is 2. The van der Waals surface area contributed by atoms with Crippen molar-refractivity contribution in [2.24, 2.45) is 17.8 Å². The fraction of sp³-hybridized carbons (Fsp3) is 0.435. The van der Waals surface area contributed by atoms with Crippen LogP contribution in [0.5, 0.6) is 5.75 Å². The number of hydrogen-bond acceptors (Lipinski definition) is 4. The maximum atomic E-state index is 13.8. The highest BCUT2D eigenvalue weighted by atomic mass is 19.2. The van der Waals surface area contributed by atoms with Gasteiger partial charge in [-0.2, -0.15) is 0 Å². The van der Waals surface area contributed by atoms with Crippen molar-refractivity contribution in [1.82, 2.24) is 14.8 Å². The Balaban J connectivity index is 1.44. The first-order valence-electron chi connectivity index (χ1n) is 10.8. The van der Waals surface area contributed by atoms with Gasteiger partial charge in [0.25, 0.3) is 11.8 Å². The van der Waals surface area contributed by atoms with Crippen LogP contribution in [-0.4, -0.2) is 38.5 Å². The first kappa shape index (κ1) is 21.5. The van der Waals surface area contributed by atoms with E-state index in [1.54, 1.807) is 4.90 Å². The maximum Gasteiger partial charge on any atom is 0.275 e. The van der Waals surface area contributed by atoms with Gasteiger partial charge in [-0.3, -0.25) is 14.4 Å². The summed E-state index contributed by atoms with van der Waals surface area (Å²) >= 11 is 0. The van der Waals surface area contributed by atoms with Crippen molar-refractivity contribution in [2.45, 2.75) is 45.4 Å². The molecule has 2 aliphatic heterocycles. The predicted octanol–water partition coefficient (Wildman–Crippen LogP) is 2.40. The summed E-state index contributed by atoms with van der Waals surface area (Å²) in [5, 5.41) is 12.8. The number of nitrogens with zero attached hydrogens (tertiary/aromatic N) is 2. The van der Waals surface area contributed by atoms with Gasteiger partial charge in [0.05, 0.1) is 6.04 Å². The Hall–Kier alpha value is -3.30. The van der Waals surface area contributed by atoms with E-state index >= 15 is 0 Å². The van der Waals surface area contributed by atoms with Gasteiger partial charge in [-0.25, -0.2) is 13.2 Å². The molecule has 3 heterocycles. The average Bonchev–Trinajstić information content (AvgIpc) is 3.28. The van der Waals surface area contributed by atoms with Gasteiger partial charge in [0.15, 0.2) is 23.1 Å². The van der Waals surface area contributed by atoms with Crippen LogP contribution in [0.15, 0.2) is 23.1 Å². The van der Waals surface area contributed by atoms with E-state index in [9.17, 15) is 32.7 Å². The summed E-state index contributed by atoms with van der Waals surface area (Å²) in [6.07, 6.45) is 2.09. The van der Waals surface area contributed by atoms with E-state index < -0.39 is 52.6 Å². The number of carbonyl (C=O) groups is 2. The molecule has 33 heavy (non-hydrogen) atoms. The predicted molar refractivity (Wildman–Crippen MR) is 110 cm³/mol. The van der Waals surface area contributed by atoms with Crippen LogP contribution in [-0.2, 0) is 13.1 Å². The van der Waals surface area contributed by atoms with Gasteiger partial charge in [0.1, 0.15) is 11.4 Å². The number of fused-ring (bicyclic) bond motifs is 6. The summed E-state index contributed by atoms with van der Waals surface area (Å²) < 4.78 is 41.8. The van der Waals surface area contributed by atoms with Gasteiger partial charge in [-0.05, 0) is 30.2 Å². The Bertz CT molecular complexity index is 1260. The number of piperidine rings is 1. The van der Waals surface area contributed by atoms with Crippen molar-refractivity contribution in [3.8, 4) is 5.75 Å². The van der Waals surface area contributed by atoms with Crippen LogP contribution in [0.3, 0.4) is 0 Å². The summed E-state index contributed by atoms with van der Waals surface area (Å²) in [5.74, 6) is -4.82. The quantitative estimate of drug-likeness (QED) is 0.687. The zero-order valence-electron chi connectivity index (χ0n) is 17.9. The Morgan fingerprint density at radius 1 is 1.09 bits per heavy atom. The van der Waals surface area contributed by atoms with Crippen LogP contribution >= 0.6 is 0 Å². The molecule has 10 heteroatoms. The first-order valence-corrected chi connectivity index (χ1v) is 10.8. The minimum atomic E-state index is -1.36. The van der Waals surface area contributed by atoms with E-state index in [4.69, 9.17) is 0 Å². The molecule has 2 fully saturated rings. The molecule has 1 aromatic carbocycles. The van der Waals surface area contributed by atoms with Crippen LogP contribution in [0.1, 0.15) is 46.7 Å². The number of halogens is 3. The highest BCUT2D eigenvalue weighted by Gasteiger charge is 2.57. The molecule has 2 amide bonds. The molecule has 1 saturated carbocycles. The second kappa shape index (κ2) is 7.36. The summed E-state index contributed by atoms with van der Waals surface area (Å²) in [4.78, 5) is 40.3. The normalized spacial score (nSPS) is 27.5. The molecule has 5 rings (SSSR count). The van der Waals surface area contributed by atoms with Crippen LogP contribution < -0.4 is 10.7 Å². The molecule has 2 unspecified atom stereocenters. The lowest BCUT2D eigenvalue weighted by Crippen LogP contribution is -2.56. The largest absolute Gasteiger partial charge is 0.503 e. The third kappa shape index (κ3) is 3.07. The van der Waals surface area contributed by atoms with E-state index in [-0.39, 0.29) is 29.3 Å². The van der Waals surface area contributed by atoms with Crippen LogP contribution in [0.25, 0.3) is 0 Å². The topological polar surface area (TPSA) is 91.6 Å². The molecule has 0 radical (unpaired) electrons. The zero-order chi connectivity index (χ0) is 23.8. The lowest BCUT2D eigenvalue weighted by Gasteiger charge is -2.45. The van der Waals surface area contributed by atoms with E-state index in [0.29, 0.717) is 30.5 Å². The highest BCUT2D eigenvalue weighted by molar-refractivity contribution is 5.99. The molecule has 2 aromatic rings. The van der Waals surface area contributed by atoms with Crippen LogP contribution in [0, 0.1) is 35.2 Å². The molecule has 7 nitrogen and oxygen atoms in total. The third-order valence-corrected chi connectivity index (χ3v) is 7.68. The molecule has 1 aliphatic carbocycles. The number of hydrogen-bond donors (Lipinski definition) is 2. The smallest absolute Gasteiger partial charge is 0.275 e. The molecular formula is C23H22F3N3O4. The molecule has 5 atom stereocenters. The van der Waals surface area contributed by atoms with E-state index in [2.05, 4.69) is 19.2 Å². The van der Waals surface area contributed by atoms with Crippen molar-refractivity contribution in [1.29, 1.82) is 0 Å². The Morgan fingerprint density at radius 2 is 1.79 bits per heavy atom. The number of benzene rings is 1. The van der Waals surface area contributed by atoms with Crippen LogP contribution in [0.2, 0.25) is 0 Å². The summed E-state index contributed by atoms with van der Waals surface area (Å²) in [6.45, 7) is 4.10. The number of rotatable bonds is 3. The second-order valence-corrected chi connectivity index (χ2v) is 9.23. The summed E-state index contributed by atoms with van der Waals surface area (Å²) in [5.41, 5.74) is -1.90. The maximum absolute atomic E-state index is 13.8. The van der Waals surface area contributed by atoms with E-state index in [1.165, 1.54) is 10.8 Å². The Kier molecular flexibility index (Phi) is 4.80. The zero-order valence-corrected chi connectivity index (χ0v) is 17.9. The summed E-state index contributed by atoms with van der Waals surface area (Å²) in [7, 11) is 0. The Morgan fingerprint density at radius 3 is 2.52 bits per heavy atom. The number of amides is 2. The van der Waals surface area contributed by atoms with Gasteiger partial charge in [0, 0.05) is 37.0 Å². The molecule has 174 valence electrons. The van der Waals surface area contributed by atoms with Gasteiger partial charge >= 0.3 is 0 Å². The lowest BCUT2D eigenvalue weighted by atomic mass is 9.82. The standard InChI is InChI=1S/C23H22F3N3O4/c1-9-10(2)17-4-12(9)18-8-28-7-13(20(30)21(31)19(28)23(33)29(17)18)22(32)27-6-11-3-15(25)16(26)5-14(11)24/h3,5,7,9-10,12,17-18,31H,4,6,8H2,1-2H3,(H,27,32)/t9-,10+,12?,17?,18+/m1/s1. The minimum absolute atomic E-state index is 0.0553. The van der Waals surface area contributed by atoms with Crippen molar-refractivity contribution in [3.05, 3.63) is 62.8 Å². The highest BCUT2D eigenvalue weighted by Crippen LogP contribution is 2.51. The third-order valence-electron chi connectivity index (χ3n) is 7.68. The molecule has 2 bridgehead atoms. The Labute approximate surface area is 186 Å². The van der Waals surface area contributed by atoms with Crippen molar-refractivity contribution in [3.63, 3.8) is 0 Å². The lowest BCUT2D eigenvalue weighted by molar-refractivity contribution is 0.0279. The molecule has 2 N–H and O–H groups in total. The number of aromatic hydroxyl groups is 1. The van der Waals surface area contributed by atoms with Gasteiger partial charge in [0.2, 0.25) is 5.43 Å². The van der Waals surface area contributed by atoms with Crippen molar-refractivity contribution in [2.75, 3.05) is 0 Å². The van der Waals surface area contributed by atoms with Gasteiger partial charge in [-0.1, -0.05) is 13.8 Å². The first-order chi connectivity index (χ1) is 15.6. The fourth-order valence-corrected chi connectivity index (χ4v) is 5.77. The number of nitrogens with one attached hydrogen (secondary N) is 1. The number of aromatic nitrogens is 1. The SMILES string of the molecule is C[C@@H]1C2CC([C@@H]1C)[C@@H]1Cn3cc(C(=O)NCc4cc(F)c(F)cc4F)c(=O)c(O)c3C(=O)N21. The van der Waals surface area contributed by atoms with Gasteiger partial charge < -0.3 is 19.9 Å². The number of pyridine rings is 1. The fourth-order valence-electron chi connectivity index (χ4n) is 5.77. The second-order valence-electron chi connectivity index (χ2n) is 9.23. The monoisotopic (exact) mass is 461 g/mol. The average molecular weight is 461 g/mol. The van der Waals surface area contributed by atoms with E-state index in [1.807, 2.05) is 0 Å². The van der Waals surface area contributed by atoms with Crippen molar-refractivity contribution >= 4 is 11.8 Å².